The molecule has 43 heavy (non-hydrogen) atoms. The molecule has 0 spiro atoms. The van der Waals surface area contributed by atoms with Crippen LogP contribution in [0.2, 0.25) is 10.0 Å². The number of carbonyl (C=O) groups excluding carboxylic acids is 2. The first kappa shape index (κ1) is 31.8. The van der Waals surface area contributed by atoms with Crippen LogP contribution in [0.25, 0.3) is 5.82 Å². The topological polar surface area (TPSA) is 120 Å². The van der Waals surface area contributed by atoms with E-state index in [1.807, 2.05) is 0 Å². The monoisotopic (exact) mass is 644 g/mol. The highest BCUT2D eigenvalue weighted by Crippen LogP contribution is 2.42. The fourth-order valence-electron chi connectivity index (χ4n) is 3.84. The van der Waals surface area contributed by atoms with Crippen molar-refractivity contribution in [3.8, 4) is 5.82 Å². The number of alkyl halides is 5. The average Bonchev–Trinajstić information content (AvgIpc) is 3.52. The van der Waals surface area contributed by atoms with Gasteiger partial charge in [0.2, 0.25) is 0 Å². The molecule has 0 radical (unpaired) electrons. The van der Waals surface area contributed by atoms with E-state index in [0.29, 0.717) is 16.6 Å². The molecule has 2 N–H and O–H groups in total. The van der Waals surface area contributed by atoms with Crippen LogP contribution < -0.4 is 10.6 Å². The Bertz CT molecular complexity index is 1700. The molecular weight excluding hydrogens is 622 g/mol. The predicted octanol–water partition coefficient (Wildman–Crippen LogP) is 5.96. The number of nitrogens with one attached hydrogen (secondary N) is 2. The van der Waals surface area contributed by atoms with E-state index in [9.17, 15) is 31.5 Å². The van der Waals surface area contributed by atoms with Crippen LogP contribution in [0.3, 0.4) is 0 Å². The van der Waals surface area contributed by atoms with Gasteiger partial charge in [-0.1, -0.05) is 23.2 Å². The molecule has 3 heterocycles. The summed E-state index contributed by atoms with van der Waals surface area (Å²) in [6.45, 7) is 6.47. The number of anilines is 1. The number of aryl methyl sites for hydroxylation is 1. The summed E-state index contributed by atoms with van der Waals surface area (Å²) in [6, 6.07) is 7.17. The first-order chi connectivity index (χ1) is 19.9. The standard InChI is InChI=1S/C26H23Cl2F5N8O2/c1-13-8-14(27)9-16(22(42)37-24(2,3)4)20(13)36-23(43)18-10-15(38-41(18)21-17(28)6-5-7-34-21)12-40-35-11-19(39-40)25(29,30)26(31,32)33/h5-11H,12H2,1-4H3,(H,36,43)(H,37,42). The van der Waals surface area contributed by atoms with Crippen molar-refractivity contribution >= 4 is 40.7 Å². The normalized spacial score (nSPS) is 12.3. The molecule has 3 aromatic heterocycles. The molecule has 17 heteroatoms. The summed E-state index contributed by atoms with van der Waals surface area (Å²) < 4.78 is 66.8. The number of hydrogen-bond acceptors (Lipinski definition) is 6. The molecule has 2 amide bonds. The van der Waals surface area contributed by atoms with E-state index in [1.165, 1.54) is 30.5 Å². The van der Waals surface area contributed by atoms with Crippen molar-refractivity contribution in [2.75, 3.05) is 5.32 Å². The number of rotatable bonds is 7. The zero-order chi connectivity index (χ0) is 31.9. The van der Waals surface area contributed by atoms with Crippen LogP contribution in [-0.2, 0) is 12.5 Å². The van der Waals surface area contributed by atoms with Crippen molar-refractivity contribution in [2.45, 2.75) is 51.9 Å². The van der Waals surface area contributed by atoms with Gasteiger partial charge in [-0.2, -0.15) is 42.0 Å². The number of aromatic nitrogens is 6. The van der Waals surface area contributed by atoms with Gasteiger partial charge in [-0.05, 0) is 63.6 Å². The first-order valence-electron chi connectivity index (χ1n) is 12.4. The number of benzene rings is 1. The molecule has 0 saturated carbocycles. The van der Waals surface area contributed by atoms with Gasteiger partial charge in [-0.15, -0.1) is 0 Å². The third-order valence-electron chi connectivity index (χ3n) is 5.72. The fraction of sp³-hybridized carbons (Fsp3) is 0.308. The lowest BCUT2D eigenvalue weighted by Gasteiger charge is -2.22. The third-order valence-corrected chi connectivity index (χ3v) is 6.24. The zero-order valence-electron chi connectivity index (χ0n) is 22.9. The number of halogens is 7. The number of hydrogen-bond donors (Lipinski definition) is 2. The molecule has 0 fully saturated rings. The van der Waals surface area contributed by atoms with E-state index < -0.39 is 41.7 Å². The van der Waals surface area contributed by atoms with Gasteiger partial charge >= 0.3 is 12.1 Å². The molecule has 0 saturated heterocycles. The van der Waals surface area contributed by atoms with Crippen molar-refractivity contribution in [3.63, 3.8) is 0 Å². The molecule has 228 valence electrons. The highest BCUT2D eigenvalue weighted by molar-refractivity contribution is 6.32. The van der Waals surface area contributed by atoms with Crippen molar-refractivity contribution in [1.29, 1.82) is 0 Å². The Kier molecular flexibility index (Phi) is 8.53. The molecule has 0 unspecified atom stereocenters. The second-order valence-corrected chi connectivity index (χ2v) is 11.2. The fourth-order valence-corrected chi connectivity index (χ4v) is 4.32. The van der Waals surface area contributed by atoms with Crippen LogP contribution in [0, 0.1) is 6.92 Å². The summed E-state index contributed by atoms with van der Waals surface area (Å²) in [4.78, 5) is 31.4. The Labute approximate surface area is 251 Å². The summed E-state index contributed by atoms with van der Waals surface area (Å²) in [5.74, 6) is -6.51. The SMILES string of the molecule is Cc1cc(Cl)cc(C(=O)NC(C)(C)C)c1NC(=O)c1cc(Cn2ncc(C(F)(F)C(F)(F)F)n2)nn1-c1ncccc1Cl. The van der Waals surface area contributed by atoms with Gasteiger partial charge < -0.3 is 10.6 Å². The highest BCUT2D eigenvalue weighted by Gasteiger charge is 2.60. The summed E-state index contributed by atoms with van der Waals surface area (Å²) in [7, 11) is 0. The minimum Gasteiger partial charge on any atom is -0.347 e. The summed E-state index contributed by atoms with van der Waals surface area (Å²) >= 11 is 12.5. The molecule has 10 nitrogen and oxygen atoms in total. The van der Waals surface area contributed by atoms with Crippen molar-refractivity contribution in [3.05, 3.63) is 81.0 Å². The average molecular weight is 645 g/mol. The maximum absolute atomic E-state index is 13.7. The van der Waals surface area contributed by atoms with Crippen LogP contribution in [0.1, 0.15) is 58.6 Å². The van der Waals surface area contributed by atoms with Crippen molar-refractivity contribution in [2.24, 2.45) is 0 Å². The van der Waals surface area contributed by atoms with Gasteiger partial charge in [-0.25, -0.2) is 9.67 Å². The van der Waals surface area contributed by atoms with Crippen LogP contribution in [0.15, 0.2) is 42.7 Å². The lowest BCUT2D eigenvalue weighted by atomic mass is 10.0. The van der Waals surface area contributed by atoms with E-state index >= 15 is 0 Å². The maximum atomic E-state index is 13.7. The molecule has 1 aromatic carbocycles. The number of amides is 2. The Hall–Kier alpha value is -4.11. The van der Waals surface area contributed by atoms with Crippen molar-refractivity contribution in [1.82, 2.24) is 35.1 Å². The number of carbonyl (C=O) groups is 2. The van der Waals surface area contributed by atoms with Crippen LogP contribution in [0.4, 0.5) is 27.6 Å². The van der Waals surface area contributed by atoms with E-state index in [0.717, 1.165) is 4.68 Å². The van der Waals surface area contributed by atoms with Gasteiger partial charge in [0.1, 0.15) is 12.2 Å². The van der Waals surface area contributed by atoms with E-state index in [2.05, 4.69) is 30.9 Å². The minimum absolute atomic E-state index is 0.0109. The summed E-state index contributed by atoms with van der Waals surface area (Å²) in [5, 5.41) is 16.8. The van der Waals surface area contributed by atoms with Gasteiger partial charge in [0.25, 0.3) is 11.8 Å². The van der Waals surface area contributed by atoms with Gasteiger partial charge in [0, 0.05) is 16.8 Å². The molecule has 4 aromatic rings. The molecule has 0 aliphatic heterocycles. The van der Waals surface area contributed by atoms with Gasteiger partial charge in [0.15, 0.2) is 11.5 Å². The smallest absolute Gasteiger partial charge is 0.347 e. The van der Waals surface area contributed by atoms with Crippen LogP contribution >= 0.6 is 23.2 Å². The Morgan fingerprint density at radius 3 is 2.33 bits per heavy atom. The van der Waals surface area contributed by atoms with Crippen LogP contribution in [-0.4, -0.2) is 53.3 Å². The molecule has 0 bridgehead atoms. The molecule has 0 aliphatic rings. The van der Waals surface area contributed by atoms with Crippen LogP contribution in [0.5, 0.6) is 0 Å². The largest absolute Gasteiger partial charge is 0.459 e. The Balaban J connectivity index is 1.74. The molecular formula is C26H23Cl2F5N8O2. The second kappa shape index (κ2) is 11.5. The Morgan fingerprint density at radius 2 is 1.70 bits per heavy atom. The molecule has 0 atom stereocenters. The molecule has 0 aliphatic carbocycles. The third kappa shape index (κ3) is 6.94. The lowest BCUT2D eigenvalue weighted by Crippen LogP contribution is -2.41. The second-order valence-electron chi connectivity index (χ2n) is 10.4. The van der Waals surface area contributed by atoms with Gasteiger partial charge in [-0.3, -0.25) is 9.59 Å². The molecule has 4 rings (SSSR count). The number of pyridine rings is 1. The predicted molar refractivity (Wildman–Crippen MR) is 147 cm³/mol. The van der Waals surface area contributed by atoms with E-state index in [1.54, 1.807) is 33.8 Å². The number of nitrogens with zero attached hydrogens (tertiary/aromatic N) is 6. The van der Waals surface area contributed by atoms with E-state index in [-0.39, 0.29) is 38.5 Å². The quantitative estimate of drug-likeness (QED) is 0.240. The highest BCUT2D eigenvalue weighted by atomic mass is 35.5. The first-order valence-corrected chi connectivity index (χ1v) is 13.1. The summed E-state index contributed by atoms with van der Waals surface area (Å²) in [5.41, 5.74) is -1.71. The van der Waals surface area contributed by atoms with Crippen molar-refractivity contribution < 1.29 is 31.5 Å². The summed E-state index contributed by atoms with van der Waals surface area (Å²) in [6.07, 6.45) is -4.21. The van der Waals surface area contributed by atoms with Gasteiger partial charge in [0.05, 0.1) is 28.2 Å². The maximum Gasteiger partial charge on any atom is 0.459 e. The Morgan fingerprint density at radius 1 is 1.00 bits per heavy atom. The zero-order valence-corrected chi connectivity index (χ0v) is 24.4. The lowest BCUT2D eigenvalue weighted by molar-refractivity contribution is -0.291. The minimum atomic E-state index is -5.88. The van der Waals surface area contributed by atoms with E-state index in [4.69, 9.17) is 23.2 Å².